The quantitative estimate of drug-likeness (QED) is 0.613. The summed E-state index contributed by atoms with van der Waals surface area (Å²) in [5, 5.41) is 4.23. The van der Waals surface area contributed by atoms with Gasteiger partial charge in [0.25, 0.3) is 0 Å². The van der Waals surface area contributed by atoms with Crippen LogP contribution < -0.4 is 5.43 Å². The molecule has 0 aromatic heterocycles. The van der Waals surface area contributed by atoms with Crippen molar-refractivity contribution in [2.24, 2.45) is 11.0 Å². The van der Waals surface area contributed by atoms with Crippen molar-refractivity contribution < 1.29 is 4.74 Å². The van der Waals surface area contributed by atoms with Crippen molar-refractivity contribution in [3.05, 3.63) is 65.7 Å². The molecule has 3 rings (SSSR count). The van der Waals surface area contributed by atoms with Crippen LogP contribution in [0.25, 0.3) is 0 Å². The van der Waals surface area contributed by atoms with Crippen LogP contribution >= 0.6 is 0 Å². The minimum absolute atomic E-state index is 0.705. The predicted octanol–water partition coefficient (Wildman–Crippen LogP) is 4.06. The van der Waals surface area contributed by atoms with Crippen molar-refractivity contribution in [1.82, 2.24) is 0 Å². The highest BCUT2D eigenvalue weighted by Crippen LogP contribution is 2.29. The zero-order valence-corrected chi connectivity index (χ0v) is 12.0. The fourth-order valence-electron chi connectivity index (χ4n) is 2.02. The minimum Gasteiger partial charge on any atom is -0.376 e. The molecule has 3 heteroatoms. The van der Waals surface area contributed by atoms with Crippen molar-refractivity contribution >= 4 is 11.9 Å². The number of para-hydroxylation sites is 1. The number of hydrazone groups is 1. The summed E-state index contributed by atoms with van der Waals surface area (Å²) >= 11 is 0. The Kier molecular flexibility index (Phi) is 4.64. The third-order valence-electron chi connectivity index (χ3n) is 3.48. The van der Waals surface area contributed by atoms with Gasteiger partial charge in [-0.2, -0.15) is 5.10 Å². The molecule has 2 aromatic carbocycles. The predicted molar refractivity (Wildman–Crippen MR) is 86.5 cm³/mol. The Balaban J connectivity index is 1.46. The highest BCUT2D eigenvalue weighted by molar-refractivity contribution is 5.80. The molecule has 0 bridgehead atoms. The van der Waals surface area contributed by atoms with Crippen LogP contribution in [0.2, 0.25) is 0 Å². The second kappa shape index (κ2) is 7.04. The molecule has 3 nitrogen and oxygen atoms in total. The molecule has 0 unspecified atom stereocenters. The number of nitrogens with zero attached hydrogens (tertiary/aromatic N) is 1. The van der Waals surface area contributed by atoms with Crippen LogP contribution in [0.15, 0.2) is 59.7 Å². The number of nitrogens with one attached hydrogen (secondary N) is 1. The molecule has 1 N–H and O–H groups in total. The van der Waals surface area contributed by atoms with E-state index in [9.17, 15) is 0 Å². The summed E-state index contributed by atoms with van der Waals surface area (Å²) in [4.78, 5) is 0. The molecule has 1 saturated carbocycles. The van der Waals surface area contributed by atoms with Gasteiger partial charge in [0.15, 0.2) is 0 Å². The van der Waals surface area contributed by atoms with E-state index in [0.717, 1.165) is 23.8 Å². The third-order valence-corrected chi connectivity index (χ3v) is 3.48. The summed E-state index contributed by atoms with van der Waals surface area (Å²) in [5.74, 6) is 0.820. The number of hydrogen-bond donors (Lipinski definition) is 1. The Morgan fingerprint density at radius 2 is 1.81 bits per heavy atom. The molecular formula is C18H20N2O. The summed E-state index contributed by atoms with van der Waals surface area (Å²) in [6, 6.07) is 18.2. The summed E-state index contributed by atoms with van der Waals surface area (Å²) in [6.45, 7) is 1.61. The minimum atomic E-state index is 0.705. The molecule has 108 valence electrons. The second-order valence-corrected chi connectivity index (χ2v) is 5.44. The van der Waals surface area contributed by atoms with Gasteiger partial charge in [0, 0.05) is 6.61 Å². The maximum Gasteiger partial charge on any atom is 0.0717 e. The topological polar surface area (TPSA) is 33.6 Å². The van der Waals surface area contributed by atoms with E-state index in [1.807, 2.05) is 36.5 Å². The number of anilines is 1. The van der Waals surface area contributed by atoms with Crippen LogP contribution in [0, 0.1) is 5.92 Å². The smallest absolute Gasteiger partial charge is 0.0717 e. The SMILES string of the molecule is C(=NNc1ccccc1)c1ccc(COCC2CC2)cc1. The normalized spacial score (nSPS) is 14.5. The molecule has 0 spiro atoms. The van der Waals surface area contributed by atoms with Gasteiger partial charge in [-0.3, -0.25) is 5.43 Å². The van der Waals surface area contributed by atoms with E-state index >= 15 is 0 Å². The molecule has 0 aliphatic heterocycles. The molecular weight excluding hydrogens is 260 g/mol. The second-order valence-electron chi connectivity index (χ2n) is 5.44. The summed E-state index contributed by atoms with van der Waals surface area (Å²) in [6.07, 6.45) is 4.50. The lowest BCUT2D eigenvalue weighted by molar-refractivity contribution is 0.111. The van der Waals surface area contributed by atoms with Crippen molar-refractivity contribution in [3.8, 4) is 0 Å². The first-order chi connectivity index (χ1) is 10.4. The lowest BCUT2D eigenvalue weighted by atomic mass is 10.1. The Hall–Kier alpha value is -2.13. The van der Waals surface area contributed by atoms with Crippen molar-refractivity contribution in [3.63, 3.8) is 0 Å². The Morgan fingerprint density at radius 1 is 1.05 bits per heavy atom. The number of rotatable bonds is 7. The summed E-state index contributed by atoms with van der Waals surface area (Å²) in [5.41, 5.74) is 6.28. The first-order valence-electron chi connectivity index (χ1n) is 7.41. The van der Waals surface area contributed by atoms with Crippen LogP contribution in [0.5, 0.6) is 0 Å². The van der Waals surface area contributed by atoms with Gasteiger partial charge in [-0.25, -0.2) is 0 Å². The van der Waals surface area contributed by atoms with E-state index in [0.29, 0.717) is 6.61 Å². The van der Waals surface area contributed by atoms with Crippen LogP contribution in [0.1, 0.15) is 24.0 Å². The Labute approximate surface area is 125 Å². The number of benzene rings is 2. The average Bonchev–Trinajstić information content (AvgIpc) is 3.34. The van der Waals surface area contributed by atoms with Crippen LogP contribution in [0.3, 0.4) is 0 Å². The average molecular weight is 280 g/mol. The van der Waals surface area contributed by atoms with Gasteiger partial charge in [-0.15, -0.1) is 0 Å². The van der Waals surface area contributed by atoms with Gasteiger partial charge >= 0.3 is 0 Å². The fraction of sp³-hybridized carbons (Fsp3) is 0.278. The molecule has 1 aliphatic carbocycles. The maximum absolute atomic E-state index is 5.68. The molecule has 1 fully saturated rings. The molecule has 0 heterocycles. The summed E-state index contributed by atoms with van der Waals surface area (Å²) in [7, 11) is 0. The van der Waals surface area contributed by atoms with Gasteiger partial charge in [-0.1, -0.05) is 42.5 Å². The first kappa shape index (κ1) is 13.8. The van der Waals surface area contributed by atoms with Crippen molar-refractivity contribution in [1.29, 1.82) is 0 Å². The Bertz CT molecular complexity index is 574. The lowest BCUT2D eigenvalue weighted by Crippen LogP contribution is -1.97. The van der Waals surface area contributed by atoms with Crippen molar-refractivity contribution in [2.75, 3.05) is 12.0 Å². The van der Waals surface area contributed by atoms with E-state index in [-0.39, 0.29) is 0 Å². The standard InChI is InChI=1S/C18H20N2O/c1-2-4-18(5-3-1)20-19-12-15-6-8-16(9-7-15)13-21-14-17-10-11-17/h1-9,12,17,20H,10-11,13-14H2. The van der Waals surface area contributed by atoms with Gasteiger partial charge < -0.3 is 4.74 Å². The fourth-order valence-corrected chi connectivity index (χ4v) is 2.02. The summed E-state index contributed by atoms with van der Waals surface area (Å²) < 4.78 is 5.68. The largest absolute Gasteiger partial charge is 0.376 e. The highest BCUT2D eigenvalue weighted by Gasteiger charge is 2.20. The molecule has 21 heavy (non-hydrogen) atoms. The molecule has 0 atom stereocenters. The highest BCUT2D eigenvalue weighted by atomic mass is 16.5. The van der Waals surface area contributed by atoms with Crippen LogP contribution in [-0.4, -0.2) is 12.8 Å². The molecule has 0 amide bonds. The third kappa shape index (κ3) is 4.72. The van der Waals surface area contributed by atoms with Gasteiger partial charge in [0.1, 0.15) is 0 Å². The van der Waals surface area contributed by atoms with Gasteiger partial charge in [0.05, 0.1) is 18.5 Å². The van der Waals surface area contributed by atoms with E-state index in [1.54, 1.807) is 0 Å². The monoisotopic (exact) mass is 280 g/mol. The van der Waals surface area contributed by atoms with E-state index < -0.39 is 0 Å². The van der Waals surface area contributed by atoms with Crippen LogP contribution in [-0.2, 0) is 11.3 Å². The maximum atomic E-state index is 5.68. The number of ether oxygens (including phenoxy) is 1. The molecule has 1 aliphatic rings. The van der Waals surface area contributed by atoms with Gasteiger partial charge in [-0.05, 0) is 42.0 Å². The Morgan fingerprint density at radius 3 is 2.52 bits per heavy atom. The zero-order chi connectivity index (χ0) is 14.3. The number of hydrogen-bond acceptors (Lipinski definition) is 3. The molecule has 0 saturated heterocycles. The first-order valence-corrected chi connectivity index (χ1v) is 7.41. The van der Waals surface area contributed by atoms with E-state index in [2.05, 4.69) is 34.8 Å². The van der Waals surface area contributed by atoms with Crippen LogP contribution in [0.4, 0.5) is 5.69 Å². The molecule has 2 aromatic rings. The lowest BCUT2D eigenvalue weighted by Gasteiger charge is -2.03. The van der Waals surface area contributed by atoms with Crippen molar-refractivity contribution in [2.45, 2.75) is 19.4 Å². The van der Waals surface area contributed by atoms with E-state index in [4.69, 9.17) is 4.74 Å². The molecule has 0 radical (unpaired) electrons. The zero-order valence-electron chi connectivity index (χ0n) is 12.0. The van der Waals surface area contributed by atoms with Gasteiger partial charge in [0.2, 0.25) is 0 Å². The van der Waals surface area contributed by atoms with E-state index in [1.165, 1.54) is 18.4 Å².